The van der Waals surface area contributed by atoms with Gasteiger partial charge in [-0.25, -0.2) is 0 Å². The Morgan fingerprint density at radius 1 is 0.667 bits per heavy atom. The summed E-state index contributed by atoms with van der Waals surface area (Å²) in [6.07, 6.45) is 1.69. The summed E-state index contributed by atoms with van der Waals surface area (Å²) in [5.41, 5.74) is 4.81. The van der Waals surface area contributed by atoms with Gasteiger partial charge in [-0.05, 0) is 53.3 Å². The van der Waals surface area contributed by atoms with Crippen molar-refractivity contribution in [1.29, 1.82) is 0 Å². The molecule has 3 aromatic carbocycles. The molecule has 0 nitrogen and oxygen atoms in total. The molecular formula is C20H16Cl. The fourth-order valence-electron chi connectivity index (χ4n) is 2.46. The van der Waals surface area contributed by atoms with E-state index in [2.05, 4.69) is 54.6 Å². The molecule has 0 atom stereocenters. The fourth-order valence-corrected chi connectivity index (χ4v) is 2.71. The first-order chi connectivity index (χ1) is 10.3. The van der Waals surface area contributed by atoms with Gasteiger partial charge in [0.25, 0.3) is 0 Å². The SMILES string of the molecule is Clc1c(Cc2ccccc2)c[c]cc1Cc1ccccc1. The van der Waals surface area contributed by atoms with E-state index < -0.39 is 0 Å². The summed E-state index contributed by atoms with van der Waals surface area (Å²) in [5.74, 6) is 0. The van der Waals surface area contributed by atoms with Crippen molar-refractivity contribution in [3.05, 3.63) is 106 Å². The summed E-state index contributed by atoms with van der Waals surface area (Å²) < 4.78 is 0. The molecule has 3 aromatic rings. The van der Waals surface area contributed by atoms with Gasteiger partial charge in [0.15, 0.2) is 0 Å². The molecule has 0 saturated heterocycles. The third-order valence-corrected chi connectivity index (χ3v) is 4.04. The van der Waals surface area contributed by atoms with Crippen LogP contribution < -0.4 is 0 Å². The van der Waals surface area contributed by atoms with E-state index in [0.717, 1.165) is 29.0 Å². The van der Waals surface area contributed by atoms with Gasteiger partial charge >= 0.3 is 0 Å². The first-order valence-electron chi connectivity index (χ1n) is 7.08. The number of benzene rings is 3. The van der Waals surface area contributed by atoms with Gasteiger partial charge < -0.3 is 0 Å². The lowest BCUT2D eigenvalue weighted by molar-refractivity contribution is 1.14. The Morgan fingerprint density at radius 3 is 1.52 bits per heavy atom. The van der Waals surface area contributed by atoms with Crippen molar-refractivity contribution < 1.29 is 0 Å². The lowest BCUT2D eigenvalue weighted by Gasteiger charge is -2.10. The highest BCUT2D eigenvalue weighted by atomic mass is 35.5. The van der Waals surface area contributed by atoms with Crippen LogP contribution in [0, 0.1) is 6.07 Å². The molecule has 3 rings (SSSR count). The van der Waals surface area contributed by atoms with Gasteiger partial charge in [-0.3, -0.25) is 0 Å². The molecule has 0 N–H and O–H groups in total. The maximum absolute atomic E-state index is 6.59. The Balaban J connectivity index is 1.85. The molecule has 0 aliphatic rings. The second kappa shape index (κ2) is 6.60. The summed E-state index contributed by atoms with van der Waals surface area (Å²) in [6, 6.07) is 28.0. The fraction of sp³-hybridized carbons (Fsp3) is 0.100. The number of halogens is 1. The molecule has 1 radical (unpaired) electrons. The Hall–Kier alpha value is -2.05. The van der Waals surface area contributed by atoms with E-state index >= 15 is 0 Å². The third-order valence-electron chi connectivity index (χ3n) is 3.55. The molecule has 0 heterocycles. The van der Waals surface area contributed by atoms with Gasteiger partial charge in [0.2, 0.25) is 0 Å². The summed E-state index contributed by atoms with van der Waals surface area (Å²) in [5, 5.41) is 0.862. The normalized spacial score (nSPS) is 10.5. The van der Waals surface area contributed by atoms with Crippen LogP contribution >= 0.6 is 11.6 Å². The summed E-state index contributed by atoms with van der Waals surface area (Å²) in [4.78, 5) is 0. The highest BCUT2D eigenvalue weighted by molar-refractivity contribution is 6.32. The van der Waals surface area contributed by atoms with E-state index in [1.165, 1.54) is 11.1 Å². The predicted molar refractivity (Wildman–Crippen MR) is 88.8 cm³/mol. The van der Waals surface area contributed by atoms with Crippen LogP contribution in [-0.4, -0.2) is 0 Å². The van der Waals surface area contributed by atoms with Gasteiger partial charge in [0, 0.05) is 5.02 Å². The number of hydrogen-bond donors (Lipinski definition) is 0. The molecule has 0 spiro atoms. The quantitative estimate of drug-likeness (QED) is 0.610. The minimum atomic E-state index is 0.846. The average Bonchev–Trinajstić information content (AvgIpc) is 2.53. The van der Waals surface area contributed by atoms with Gasteiger partial charge in [0.1, 0.15) is 0 Å². The van der Waals surface area contributed by atoms with E-state index in [1.807, 2.05) is 24.3 Å². The highest BCUT2D eigenvalue weighted by Crippen LogP contribution is 2.25. The average molecular weight is 292 g/mol. The molecule has 1 heteroatoms. The Morgan fingerprint density at radius 2 is 1.10 bits per heavy atom. The Labute approximate surface area is 131 Å². The molecule has 0 fully saturated rings. The van der Waals surface area contributed by atoms with Gasteiger partial charge in [0.05, 0.1) is 0 Å². The maximum atomic E-state index is 6.59. The van der Waals surface area contributed by atoms with Crippen molar-refractivity contribution in [3.63, 3.8) is 0 Å². The molecule has 0 aliphatic carbocycles. The summed E-state index contributed by atoms with van der Waals surface area (Å²) in [7, 11) is 0. The topological polar surface area (TPSA) is 0 Å². The van der Waals surface area contributed by atoms with Crippen LogP contribution in [0.3, 0.4) is 0 Å². The van der Waals surface area contributed by atoms with Crippen LogP contribution in [0.5, 0.6) is 0 Å². The van der Waals surface area contributed by atoms with E-state index in [4.69, 9.17) is 11.6 Å². The zero-order chi connectivity index (χ0) is 14.5. The molecule has 0 unspecified atom stereocenters. The van der Waals surface area contributed by atoms with E-state index in [9.17, 15) is 0 Å². The first-order valence-corrected chi connectivity index (χ1v) is 7.46. The minimum Gasteiger partial charge on any atom is -0.0837 e. The van der Waals surface area contributed by atoms with E-state index in [-0.39, 0.29) is 0 Å². The standard InChI is InChI=1S/C20H16Cl/c21-20-18(14-16-8-3-1-4-9-16)12-7-13-19(20)15-17-10-5-2-6-11-17/h1-6,8-13H,14-15H2. The number of rotatable bonds is 4. The maximum Gasteiger partial charge on any atom is 0.0477 e. The molecule has 0 bridgehead atoms. The summed E-state index contributed by atoms with van der Waals surface area (Å²) >= 11 is 6.59. The molecular weight excluding hydrogens is 276 g/mol. The van der Waals surface area contributed by atoms with Crippen LogP contribution in [0.4, 0.5) is 0 Å². The monoisotopic (exact) mass is 291 g/mol. The van der Waals surface area contributed by atoms with Crippen molar-refractivity contribution in [2.24, 2.45) is 0 Å². The van der Waals surface area contributed by atoms with E-state index in [1.54, 1.807) is 0 Å². The van der Waals surface area contributed by atoms with Crippen LogP contribution in [0.25, 0.3) is 0 Å². The van der Waals surface area contributed by atoms with Gasteiger partial charge in [-0.1, -0.05) is 72.3 Å². The minimum absolute atomic E-state index is 0.846. The largest absolute Gasteiger partial charge is 0.0837 e. The van der Waals surface area contributed by atoms with Crippen molar-refractivity contribution in [2.75, 3.05) is 0 Å². The second-order valence-corrected chi connectivity index (χ2v) is 5.52. The van der Waals surface area contributed by atoms with E-state index in [0.29, 0.717) is 0 Å². The number of hydrogen-bond acceptors (Lipinski definition) is 0. The highest BCUT2D eigenvalue weighted by Gasteiger charge is 2.07. The smallest absolute Gasteiger partial charge is 0.0477 e. The van der Waals surface area contributed by atoms with Crippen molar-refractivity contribution in [3.8, 4) is 0 Å². The molecule has 0 aliphatic heterocycles. The Kier molecular flexibility index (Phi) is 4.37. The molecule has 21 heavy (non-hydrogen) atoms. The van der Waals surface area contributed by atoms with Crippen LogP contribution in [0.1, 0.15) is 22.3 Å². The Bertz CT molecular complexity index is 643. The zero-order valence-electron chi connectivity index (χ0n) is 11.7. The first kappa shape index (κ1) is 13.9. The van der Waals surface area contributed by atoms with Crippen molar-refractivity contribution >= 4 is 11.6 Å². The van der Waals surface area contributed by atoms with Crippen LogP contribution in [0.15, 0.2) is 72.8 Å². The van der Waals surface area contributed by atoms with Gasteiger partial charge in [-0.2, -0.15) is 0 Å². The molecule has 0 saturated carbocycles. The van der Waals surface area contributed by atoms with Crippen LogP contribution in [0.2, 0.25) is 5.02 Å². The van der Waals surface area contributed by atoms with Crippen LogP contribution in [-0.2, 0) is 12.8 Å². The second-order valence-electron chi connectivity index (χ2n) is 5.14. The third kappa shape index (κ3) is 3.53. The van der Waals surface area contributed by atoms with Gasteiger partial charge in [-0.15, -0.1) is 0 Å². The van der Waals surface area contributed by atoms with Crippen molar-refractivity contribution in [2.45, 2.75) is 12.8 Å². The van der Waals surface area contributed by atoms with Crippen molar-refractivity contribution in [1.82, 2.24) is 0 Å². The molecule has 0 aromatic heterocycles. The summed E-state index contributed by atoms with van der Waals surface area (Å²) in [6.45, 7) is 0. The lowest BCUT2D eigenvalue weighted by atomic mass is 9.99. The lowest BCUT2D eigenvalue weighted by Crippen LogP contribution is -1.95. The zero-order valence-corrected chi connectivity index (χ0v) is 12.5. The molecule has 0 amide bonds. The molecule has 103 valence electrons. The predicted octanol–water partition coefficient (Wildman–Crippen LogP) is 5.32.